The maximum absolute atomic E-state index is 11.7. The average Bonchev–Trinajstić information content (AvgIpc) is 2.57. The van der Waals surface area contributed by atoms with Crippen LogP contribution in [-0.2, 0) is 6.42 Å². The number of amides is 1. The van der Waals surface area contributed by atoms with Crippen LogP contribution in [0.2, 0.25) is 0 Å². The van der Waals surface area contributed by atoms with Crippen molar-refractivity contribution < 1.29 is 13.9 Å². The van der Waals surface area contributed by atoms with E-state index < -0.39 is 11.5 Å². The van der Waals surface area contributed by atoms with Crippen LogP contribution in [0.5, 0.6) is 5.75 Å². The van der Waals surface area contributed by atoms with Crippen molar-refractivity contribution in [2.75, 3.05) is 6.61 Å². The number of para-hydroxylation sites is 1. The smallest absolute Gasteiger partial charge is 0.349 e. The molecule has 5 nitrogen and oxygen atoms in total. The van der Waals surface area contributed by atoms with Crippen LogP contribution in [0.4, 0.5) is 0 Å². The number of carbonyl (C=O) groups excluding carboxylic acids is 1. The Morgan fingerprint density at radius 1 is 1.26 bits per heavy atom. The molecule has 0 radical (unpaired) electrons. The van der Waals surface area contributed by atoms with E-state index in [4.69, 9.17) is 14.9 Å². The molecule has 0 saturated heterocycles. The molecular weight excluding hydrogens is 246 g/mol. The van der Waals surface area contributed by atoms with Gasteiger partial charge in [-0.1, -0.05) is 12.1 Å². The van der Waals surface area contributed by atoms with Gasteiger partial charge in [0.25, 0.3) is 5.91 Å². The first kappa shape index (κ1) is 11.5. The summed E-state index contributed by atoms with van der Waals surface area (Å²) < 4.78 is 10.9. The van der Waals surface area contributed by atoms with Crippen LogP contribution in [0.15, 0.2) is 39.5 Å². The van der Waals surface area contributed by atoms with Gasteiger partial charge in [-0.2, -0.15) is 0 Å². The lowest BCUT2D eigenvalue weighted by Crippen LogP contribution is -2.21. The lowest BCUT2D eigenvalue weighted by molar-refractivity contribution is 0.0996. The van der Waals surface area contributed by atoms with Gasteiger partial charge in [0.1, 0.15) is 17.1 Å². The number of nitrogens with two attached hydrogens (primary N) is 1. The first-order chi connectivity index (χ1) is 9.16. The molecule has 19 heavy (non-hydrogen) atoms. The van der Waals surface area contributed by atoms with E-state index in [1.807, 2.05) is 24.3 Å². The standard InChI is InChI=1S/C14H11NO4/c15-13(16)10-7-8-5-6-18-11-4-2-1-3-9(11)12(8)19-14(10)17/h1-4,7H,5-6H2,(H2,15,16). The quantitative estimate of drug-likeness (QED) is 0.835. The van der Waals surface area contributed by atoms with Gasteiger partial charge in [0.2, 0.25) is 0 Å². The minimum Gasteiger partial charge on any atom is -0.492 e. The van der Waals surface area contributed by atoms with Crippen molar-refractivity contribution in [1.29, 1.82) is 0 Å². The molecule has 0 spiro atoms. The van der Waals surface area contributed by atoms with Crippen molar-refractivity contribution >= 4 is 5.91 Å². The summed E-state index contributed by atoms with van der Waals surface area (Å²) in [6, 6.07) is 8.80. The summed E-state index contributed by atoms with van der Waals surface area (Å²) in [6.07, 6.45) is 0.550. The van der Waals surface area contributed by atoms with Crippen LogP contribution in [0, 0.1) is 0 Å². The summed E-state index contributed by atoms with van der Waals surface area (Å²) in [5.74, 6) is 0.328. The molecule has 2 aromatic rings. The molecule has 0 saturated carbocycles. The number of hydrogen-bond donors (Lipinski definition) is 1. The molecule has 2 heterocycles. The van der Waals surface area contributed by atoms with Crippen molar-refractivity contribution in [3.8, 4) is 17.1 Å². The molecule has 1 amide bonds. The number of carbonyl (C=O) groups is 1. The summed E-state index contributed by atoms with van der Waals surface area (Å²) in [5, 5.41) is 0. The van der Waals surface area contributed by atoms with E-state index in [1.165, 1.54) is 6.07 Å². The zero-order valence-electron chi connectivity index (χ0n) is 10.0. The number of fused-ring (bicyclic) bond motifs is 3. The number of rotatable bonds is 1. The minimum absolute atomic E-state index is 0.127. The van der Waals surface area contributed by atoms with E-state index in [0.717, 1.165) is 5.56 Å². The second kappa shape index (κ2) is 4.28. The Balaban J connectivity index is 2.28. The normalized spacial score (nSPS) is 12.8. The second-order valence-electron chi connectivity index (χ2n) is 4.26. The molecule has 0 unspecified atom stereocenters. The molecular formula is C14H11NO4. The Hall–Kier alpha value is -2.56. The van der Waals surface area contributed by atoms with Gasteiger partial charge in [0, 0.05) is 12.0 Å². The third kappa shape index (κ3) is 1.89. The van der Waals surface area contributed by atoms with Crippen LogP contribution in [0.25, 0.3) is 11.3 Å². The molecule has 0 atom stereocenters. The van der Waals surface area contributed by atoms with E-state index in [9.17, 15) is 9.59 Å². The molecule has 1 aromatic carbocycles. The van der Waals surface area contributed by atoms with E-state index in [0.29, 0.717) is 30.1 Å². The number of hydrogen-bond acceptors (Lipinski definition) is 4. The molecule has 2 N–H and O–H groups in total. The highest BCUT2D eigenvalue weighted by molar-refractivity contribution is 5.92. The van der Waals surface area contributed by atoms with Crippen molar-refractivity contribution in [2.45, 2.75) is 6.42 Å². The Morgan fingerprint density at radius 2 is 2.05 bits per heavy atom. The highest BCUT2D eigenvalue weighted by Gasteiger charge is 2.21. The number of ether oxygens (including phenoxy) is 1. The number of primary amides is 1. The van der Waals surface area contributed by atoms with Crippen LogP contribution >= 0.6 is 0 Å². The Morgan fingerprint density at radius 3 is 2.84 bits per heavy atom. The van der Waals surface area contributed by atoms with Crippen molar-refractivity contribution in [3.63, 3.8) is 0 Å². The van der Waals surface area contributed by atoms with Crippen LogP contribution in [0.3, 0.4) is 0 Å². The highest BCUT2D eigenvalue weighted by Crippen LogP contribution is 2.34. The highest BCUT2D eigenvalue weighted by atomic mass is 16.5. The summed E-state index contributed by atoms with van der Waals surface area (Å²) in [5.41, 5.74) is 5.76. The Bertz CT molecular complexity index is 718. The van der Waals surface area contributed by atoms with Crippen molar-refractivity contribution in [1.82, 2.24) is 0 Å². The molecule has 5 heteroatoms. The van der Waals surface area contributed by atoms with Gasteiger partial charge in [-0.25, -0.2) is 4.79 Å². The van der Waals surface area contributed by atoms with E-state index in [-0.39, 0.29) is 5.56 Å². The first-order valence-corrected chi connectivity index (χ1v) is 5.86. The third-order valence-electron chi connectivity index (χ3n) is 3.05. The molecule has 0 fully saturated rings. The molecule has 1 aliphatic rings. The number of benzene rings is 1. The fourth-order valence-electron chi connectivity index (χ4n) is 2.15. The van der Waals surface area contributed by atoms with E-state index in [2.05, 4.69) is 0 Å². The fourth-order valence-corrected chi connectivity index (χ4v) is 2.15. The van der Waals surface area contributed by atoms with Gasteiger partial charge in [0.05, 0.1) is 12.2 Å². The maximum Gasteiger partial charge on any atom is 0.349 e. The van der Waals surface area contributed by atoms with Crippen LogP contribution in [-0.4, -0.2) is 12.5 Å². The predicted octanol–water partition coefficient (Wildman–Crippen LogP) is 1.34. The monoisotopic (exact) mass is 257 g/mol. The first-order valence-electron chi connectivity index (χ1n) is 5.86. The lowest BCUT2D eigenvalue weighted by atomic mass is 10.0. The topological polar surface area (TPSA) is 82.5 Å². The molecule has 96 valence electrons. The summed E-state index contributed by atoms with van der Waals surface area (Å²) in [6.45, 7) is 0.454. The maximum atomic E-state index is 11.7. The molecule has 0 bridgehead atoms. The average molecular weight is 257 g/mol. The zero-order valence-corrected chi connectivity index (χ0v) is 10.0. The summed E-state index contributed by atoms with van der Waals surface area (Å²) >= 11 is 0. The SMILES string of the molecule is NC(=O)c1cc2c(oc1=O)-c1ccccc1OCC2. The largest absolute Gasteiger partial charge is 0.492 e. The fraction of sp³-hybridized carbons (Fsp3) is 0.143. The third-order valence-corrected chi connectivity index (χ3v) is 3.05. The van der Waals surface area contributed by atoms with E-state index >= 15 is 0 Å². The molecule has 1 aliphatic heterocycles. The van der Waals surface area contributed by atoms with E-state index in [1.54, 1.807) is 0 Å². The predicted molar refractivity (Wildman–Crippen MR) is 68.1 cm³/mol. The van der Waals surface area contributed by atoms with Crippen molar-refractivity contribution in [3.05, 3.63) is 51.9 Å². The molecule has 1 aromatic heterocycles. The van der Waals surface area contributed by atoms with Crippen LogP contribution in [0.1, 0.15) is 15.9 Å². The Kier molecular flexibility index (Phi) is 2.59. The van der Waals surface area contributed by atoms with Crippen molar-refractivity contribution in [2.24, 2.45) is 5.73 Å². The summed E-state index contributed by atoms with van der Waals surface area (Å²) in [4.78, 5) is 22.9. The molecule has 0 aliphatic carbocycles. The van der Waals surface area contributed by atoms with Gasteiger partial charge >= 0.3 is 5.63 Å². The van der Waals surface area contributed by atoms with Gasteiger partial charge in [-0.05, 0) is 18.2 Å². The second-order valence-corrected chi connectivity index (χ2v) is 4.26. The van der Waals surface area contributed by atoms with Gasteiger partial charge in [-0.15, -0.1) is 0 Å². The summed E-state index contributed by atoms with van der Waals surface area (Å²) in [7, 11) is 0. The van der Waals surface area contributed by atoms with Crippen LogP contribution < -0.4 is 16.1 Å². The van der Waals surface area contributed by atoms with Gasteiger partial charge in [-0.3, -0.25) is 4.79 Å². The lowest BCUT2D eigenvalue weighted by Gasteiger charge is -2.06. The zero-order chi connectivity index (χ0) is 13.4. The molecule has 3 rings (SSSR count). The Labute approximate surface area is 108 Å². The van der Waals surface area contributed by atoms with Gasteiger partial charge in [0.15, 0.2) is 0 Å². The minimum atomic E-state index is -0.782. The van der Waals surface area contributed by atoms with Gasteiger partial charge < -0.3 is 14.9 Å².